The van der Waals surface area contributed by atoms with Crippen LogP contribution < -0.4 is 9.47 Å². The van der Waals surface area contributed by atoms with E-state index in [9.17, 15) is 14.0 Å². The number of carbonyl (C=O) groups is 2. The highest BCUT2D eigenvalue weighted by Gasteiger charge is 2.37. The SMILES string of the molecule is CCOC(=O)C1CCCN(CC(=O)N2N=C(c3ccccc3F)CC2c2cc(OC)ccc2OC)C1. The molecule has 2 unspecified atom stereocenters. The topological polar surface area (TPSA) is 80.7 Å². The Labute approximate surface area is 210 Å². The van der Waals surface area contributed by atoms with E-state index in [0.717, 1.165) is 18.4 Å². The molecule has 2 aromatic carbocycles. The molecule has 1 amide bonds. The van der Waals surface area contributed by atoms with Crippen LogP contribution in [0.5, 0.6) is 11.5 Å². The summed E-state index contributed by atoms with van der Waals surface area (Å²) in [5, 5.41) is 6.03. The second kappa shape index (κ2) is 11.5. The number of piperidine rings is 1. The van der Waals surface area contributed by atoms with Crippen LogP contribution in [0.3, 0.4) is 0 Å². The van der Waals surface area contributed by atoms with E-state index in [-0.39, 0.29) is 24.3 Å². The van der Waals surface area contributed by atoms with Crippen LogP contribution in [0.4, 0.5) is 4.39 Å². The molecule has 2 atom stereocenters. The second-order valence-electron chi connectivity index (χ2n) is 8.92. The van der Waals surface area contributed by atoms with Gasteiger partial charge in [0, 0.05) is 24.1 Å². The zero-order valence-corrected chi connectivity index (χ0v) is 20.9. The van der Waals surface area contributed by atoms with Gasteiger partial charge in [-0.05, 0) is 50.6 Å². The van der Waals surface area contributed by atoms with E-state index in [2.05, 4.69) is 5.10 Å². The van der Waals surface area contributed by atoms with E-state index in [1.165, 1.54) is 11.1 Å². The van der Waals surface area contributed by atoms with Gasteiger partial charge in [0.1, 0.15) is 17.3 Å². The van der Waals surface area contributed by atoms with Crippen molar-refractivity contribution in [1.82, 2.24) is 9.91 Å². The Morgan fingerprint density at radius 2 is 1.94 bits per heavy atom. The number of rotatable bonds is 8. The molecule has 36 heavy (non-hydrogen) atoms. The van der Waals surface area contributed by atoms with E-state index in [0.29, 0.717) is 48.9 Å². The zero-order chi connectivity index (χ0) is 25.7. The molecule has 0 bridgehead atoms. The highest BCUT2D eigenvalue weighted by atomic mass is 19.1. The van der Waals surface area contributed by atoms with Gasteiger partial charge in [-0.3, -0.25) is 14.5 Å². The van der Waals surface area contributed by atoms with Crippen molar-refractivity contribution in [2.24, 2.45) is 11.0 Å². The maximum absolute atomic E-state index is 14.6. The summed E-state index contributed by atoms with van der Waals surface area (Å²) in [6, 6.07) is 11.3. The van der Waals surface area contributed by atoms with Crippen molar-refractivity contribution in [1.29, 1.82) is 0 Å². The Balaban J connectivity index is 1.62. The van der Waals surface area contributed by atoms with E-state index < -0.39 is 11.9 Å². The smallest absolute Gasteiger partial charge is 0.310 e. The summed E-state index contributed by atoms with van der Waals surface area (Å²) in [4.78, 5) is 27.8. The minimum atomic E-state index is -0.497. The molecule has 4 rings (SSSR count). The van der Waals surface area contributed by atoms with Crippen LogP contribution in [-0.4, -0.2) is 68.0 Å². The fourth-order valence-electron chi connectivity index (χ4n) is 4.86. The van der Waals surface area contributed by atoms with Gasteiger partial charge in [0.15, 0.2) is 0 Å². The zero-order valence-electron chi connectivity index (χ0n) is 20.9. The van der Waals surface area contributed by atoms with Gasteiger partial charge in [0.2, 0.25) is 0 Å². The third-order valence-electron chi connectivity index (χ3n) is 6.63. The molecule has 2 heterocycles. The first kappa shape index (κ1) is 25.6. The van der Waals surface area contributed by atoms with Gasteiger partial charge in [0.05, 0.1) is 45.0 Å². The number of ether oxygens (including phenoxy) is 3. The standard InChI is InChI=1S/C27H32FN3O5/c1-4-36-27(33)18-8-7-13-30(16-18)17-26(32)31-24(21-14-19(34-2)11-12-25(21)35-3)15-23(29-31)20-9-5-6-10-22(20)28/h5-6,9-12,14,18,24H,4,7-8,13,15-17H2,1-3H3. The van der Waals surface area contributed by atoms with E-state index in [4.69, 9.17) is 14.2 Å². The van der Waals surface area contributed by atoms with Crippen LogP contribution in [0.1, 0.15) is 43.4 Å². The van der Waals surface area contributed by atoms with E-state index in [1.54, 1.807) is 51.5 Å². The fraction of sp³-hybridized carbons (Fsp3) is 0.444. The number of benzene rings is 2. The molecule has 2 aliphatic rings. The first-order valence-electron chi connectivity index (χ1n) is 12.2. The molecule has 8 nitrogen and oxygen atoms in total. The Kier molecular flexibility index (Phi) is 8.20. The summed E-state index contributed by atoms with van der Waals surface area (Å²) in [5.41, 5.74) is 1.57. The van der Waals surface area contributed by atoms with E-state index in [1.807, 2.05) is 11.0 Å². The average Bonchev–Trinajstić information content (AvgIpc) is 3.34. The molecular weight excluding hydrogens is 465 g/mol. The molecule has 1 saturated heterocycles. The number of hydrazone groups is 1. The molecule has 0 saturated carbocycles. The quantitative estimate of drug-likeness (QED) is 0.516. The molecule has 0 N–H and O–H groups in total. The second-order valence-corrected chi connectivity index (χ2v) is 8.92. The van der Waals surface area contributed by atoms with Gasteiger partial charge in [-0.2, -0.15) is 5.10 Å². The summed E-state index contributed by atoms with van der Waals surface area (Å²) in [5.74, 6) is 0.0947. The minimum Gasteiger partial charge on any atom is -0.497 e. The molecule has 0 aromatic heterocycles. The molecule has 2 aliphatic heterocycles. The van der Waals surface area contributed by atoms with Gasteiger partial charge in [-0.15, -0.1) is 0 Å². The molecule has 192 valence electrons. The molecule has 0 radical (unpaired) electrons. The Bertz CT molecular complexity index is 1140. The number of amides is 1. The molecular formula is C27H32FN3O5. The van der Waals surface area contributed by atoms with Gasteiger partial charge in [-0.25, -0.2) is 9.40 Å². The molecule has 9 heteroatoms. The molecule has 0 spiro atoms. The summed E-state index contributed by atoms with van der Waals surface area (Å²) in [6.45, 7) is 3.36. The fourth-order valence-corrected chi connectivity index (χ4v) is 4.86. The first-order chi connectivity index (χ1) is 17.4. The number of likely N-dealkylation sites (tertiary alicyclic amines) is 1. The summed E-state index contributed by atoms with van der Waals surface area (Å²) in [7, 11) is 3.13. The van der Waals surface area contributed by atoms with Gasteiger partial charge in [-0.1, -0.05) is 18.2 Å². The number of esters is 1. The van der Waals surface area contributed by atoms with Crippen LogP contribution in [-0.2, 0) is 14.3 Å². The van der Waals surface area contributed by atoms with Crippen molar-refractivity contribution in [3.63, 3.8) is 0 Å². The number of nitrogens with zero attached hydrogens (tertiary/aromatic N) is 3. The highest BCUT2D eigenvalue weighted by molar-refractivity contribution is 6.03. The number of hydrogen-bond donors (Lipinski definition) is 0. The normalized spacial score (nSPS) is 20.1. The van der Waals surface area contributed by atoms with Crippen molar-refractivity contribution in [3.8, 4) is 11.5 Å². The number of halogens is 1. The lowest BCUT2D eigenvalue weighted by Crippen LogP contribution is -2.44. The highest BCUT2D eigenvalue weighted by Crippen LogP contribution is 2.39. The average molecular weight is 498 g/mol. The van der Waals surface area contributed by atoms with Crippen molar-refractivity contribution >= 4 is 17.6 Å². The number of carbonyl (C=O) groups excluding carboxylic acids is 2. The van der Waals surface area contributed by atoms with Gasteiger partial charge in [0.25, 0.3) is 5.91 Å². The van der Waals surface area contributed by atoms with E-state index >= 15 is 0 Å². The van der Waals surface area contributed by atoms with Crippen molar-refractivity contribution in [2.75, 3.05) is 40.5 Å². The summed E-state index contributed by atoms with van der Waals surface area (Å²) >= 11 is 0. The third kappa shape index (κ3) is 5.51. The maximum atomic E-state index is 14.6. The first-order valence-corrected chi connectivity index (χ1v) is 12.2. The third-order valence-corrected chi connectivity index (χ3v) is 6.63. The number of hydrogen-bond acceptors (Lipinski definition) is 7. The monoisotopic (exact) mass is 497 g/mol. The lowest BCUT2D eigenvalue weighted by molar-refractivity contribution is -0.150. The Hall–Kier alpha value is -3.46. The maximum Gasteiger partial charge on any atom is 0.310 e. The summed E-state index contributed by atoms with van der Waals surface area (Å²) < 4.78 is 30.8. The molecule has 0 aliphatic carbocycles. The Morgan fingerprint density at radius 3 is 2.67 bits per heavy atom. The predicted octanol–water partition coefficient (Wildman–Crippen LogP) is 3.80. The van der Waals surface area contributed by atoms with Crippen LogP contribution in [0.25, 0.3) is 0 Å². The van der Waals surface area contributed by atoms with Crippen LogP contribution in [0, 0.1) is 11.7 Å². The summed E-state index contributed by atoms with van der Waals surface area (Å²) in [6.07, 6.45) is 1.86. The lowest BCUT2D eigenvalue weighted by atomic mass is 9.96. The molecule has 1 fully saturated rings. The minimum absolute atomic E-state index is 0.0900. The number of methoxy groups -OCH3 is 2. The van der Waals surface area contributed by atoms with Gasteiger partial charge < -0.3 is 14.2 Å². The molecule has 2 aromatic rings. The van der Waals surface area contributed by atoms with Crippen LogP contribution >= 0.6 is 0 Å². The lowest BCUT2D eigenvalue weighted by Gasteiger charge is -2.32. The van der Waals surface area contributed by atoms with Crippen molar-refractivity contribution < 1.29 is 28.2 Å². The Morgan fingerprint density at radius 1 is 1.14 bits per heavy atom. The van der Waals surface area contributed by atoms with Crippen LogP contribution in [0.2, 0.25) is 0 Å². The van der Waals surface area contributed by atoms with Gasteiger partial charge >= 0.3 is 5.97 Å². The van der Waals surface area contributed by atoms with Crippen molar-refractivity contribution in [3.05, 3.63) is 59.4 Å². The van der Waals surface area contributed by atoms with Crippen molar-refractivity contribution in [2.45, 2.75) is 32.2 Å². The predicted molar refractivity (Wildman–Crippen MR) is 132 cm³/mol. The largest absolute Gasteiger partial charge is 0.497 e. The van der Waals surface area contributed by atoms with Crippen LogP contribution in [0.15, 0.2) is 47.6 Å².